The summed E-state index contributed by atoms with van der Waals surface area (Å²) in [4.78, 5) is 0. The van der Waals surface area contributed by atoms with Crippen molar-refractivity contribution in [1.82, 2.24) is 0 Å². The van der Waals surface area contributed by atoms with E-state index in [9.17, 15) is 8.42 Å². The highest BCUT2D eigenvalue weighted by atomic mass is 32.2. The van der Waals surface area contributed by atoms with Crippen molar-refractivity contribution in [1.29, 1.82) is 0 Å². The van der Waals surface area contributed by atoms with Crippen LogP contribution in [0.4, 0.5) is 28.6 Å². The molecule has 0 fully saturated rings. The zero-order valence-corrected chi connectivity index (χ0v) is 27.0. The predicted octanol–water partition coefficient (Wildman–Crippen LogP) is 7.04. The topological polar surface area (TPSA) is 58.6 Å². The van der Waals surface area contributed by atoms with Gasteiger partial charge in [0.1, 0.15) is 12.4 Å². The normalized spacial score (nSPS) is 15.6. The second kappa shape index (κ2) is 13.2. The van der Waals surface area contributed by atoms with Crippen molar-refractivity contribution in [2.24, 2.45) is 0 Å². The standard InChI is InChI=1S/C28H18B2F4N2O2.2C2H6OS/c31-29(32)35(17-25-23-7-3-1-5-19(23)9-15-27(25)37-29)21-11-13-22(14-12-21)36-18-26-24-8-4-2-6-20(24)10-16-28(26)38-30(36,33)34;2*1-4(2)3/h1-18H;2*1-2H3. The highest BCUT2D eigenvalue weighted by Gasteiger charge is 2.52. The summed E-state index contributed by atoms with van der Waals surface area (Å²) in [7, 11) is -10.1. The molecule has 0 radical (unpaired) electrons. The molecule has 2 aliphatic heterocycles. The van der Waals surface area contributed by atoms with E-state index in [0.717, 1.165) is 30.5 Å². The summed E-state index contributed by atoms with van der Waals surface area (Å²) in [6, 6.07) is 26.9. The SMILES string of the molecule is CS(C)=O.CS(C)=O.F[B-]1(F)Oc2ccc3ccccc3c2C=[N+]1c1ccc([N+]2=Cc3c(ccc4ccccc34)O[B-]2(F)F)cc1. The van der Waals surface area contributed by atoms with Crippen LogP contribution in [0, 0.1) is 0 Å². The average molecular weight is 668 g/mol. The lowest BCUT2D eigenvalue weighted by Crippen LogP contribution is -2.47. The van der Waals surface area contributed by atoms with E-state index in [0.29, 0.717) is 11.1 Å². The molecular weight excluding hydrogens is 638 g/mol. The summed E-state index contributed by atoms with van der Waals surface area (Å²) in [6.45, 7) is 0. The fourth-order valence-corrected chi connectivity index (χ4v) is 5.19. The molecule has 0 amide bonds. The van der Waals surface area contributed by atoms with E-state index in [2.05, 4.69) is 0 Å². The number of halogens is 4. The first-order valence-electron chi connectivity index (χ1n) is 14.1. The van der Waals surface area contributed by atoms with Crippen LogP contribution in [0.1, 0.15) is 11.1 Å². The first kappa shape index (κ1) is 33.1. The highest BCUT2D eigenvalue weighted by molar-refractivity contribution is 7.83. The Bertz CT molecular complexity index is 1900. The first-order chi connectivity index (χ1) is 21.8. The van der Waals surface area contributed by atoms with Crippen molar-refractivity contribution < 1.29 is 44.0 Å². The van der Waals surface area contributed by atoms with Crippen LogP contribution in [0.2, 0.25) is 0 Å². The van der Waals surface area contributed by atoms with Gasteiger partial charge in [-0.15, -0.1) is 0 Å². The monoisotopic (exact) mass is 668 g/mol. The summed E-state index contributed by atoms with van der Waals surface area (Å²) in [5.74, 6) is 0.185. The molecule has 0 aliphatic carbocycles. The van der Waals surface area contributed by atoms with Crippen LogP contribution >= 0.6 is 0 Å². The Morgan fingerprint density at radius 2 is 0.848 bits per heavy atom. The second-order valence-electron chi connectivity index (χ2n) is 10.8. The first-order valence-corrected chi connectivity index (χ1v) is 18.0. The minimum atomic E-state index is -4.44. The molecule has 0 bridgehead atoms. The van der Waals surface area contributed by atoms with Crippen molar-refractivity contribution in [3.63, 3.8) is 0 Å². The minimum absolute atomic E-state index is 0.0925. The molecule has 238 valence electrons. The molecule has 2 aliphatic rings. The zero-order chi connectivity index (χ0) is 33.2. The number of nitrogens with zero attached hydrogens (tertiary/aromatic N) is 2. The Labute approximate surface area is 269 Å². The number of hydrogen-bond acceptors (Lipinski definition) is 4. The lowest BCUT2D eigenvalue weighted by Gasteiger charge is -2.30. The highest BCUT2D eigenvalue weighted by Crippen LogP contribution is 2.38. The predicted molar refractivity (Wildman–Crippen MR) is 182 cm³/mol. The lowest BCUT2D eigenvalue weighted by molar-refractivity contribution is -0.348. The molecule has 0 N–H and O–H groups in total. The molecule has 0 unspecified atom stereocenters. The van der Waals surface area contributed by atoms with E-state index >= 15 is 17.3 Å². The molecule has 7 rings (SSSR count). The maximum Gasteiger partial charge on any atom is 0.834 e. The Morgan fingerprint density at radius 3 is 1.20 bits per heavy atom. The molecule has 0 atom stereocenters. The van der Waals surface area contributed by atoms with Crippen molar-refractivity contribution >= 4 is 81.0 Å². The van der Waals surface area contributed by atoms with Gasteiger partial charge < -0.3 is 35.5 Å². The summed E-state index contributed by atoms with van der Waals surface area (Å²) < 4.78 is 91.3. The quantitative estimate of drug-likeness (QED) is 0.150. The minimum Gasteiger partial charge on any atom is -0.599 e. The van der Waals surface area contributed by atoms with Crippen LogP contribution in [0.15, 0.2) is 97.1 Å². The van der Waals surface area contributed by atoms with Gasteiger partial charge in [-0.25, -0.2) is 0 Å². The molecule has 6 nitrogen and oxygen atoms in total. The maximum atomic E-state index is 15.1. The summed E-state index contributed by atoms with van der Waals surface area (Å²) in [5, 5.41) is 3.31. The van der Waals surface area contributed by atoms with E-state index in [1.807, 2.05) is 48.5 Å². The van der Waals surface area contributed by atoms with Gasteiger partial charge in [-0.1, -0.05) is 60.7 Å². The summed E-state index contributed by atoms with van der Waals surface area (Å²) >= 11 is 0. The lowest BCUT2D eigenvalue weighted by atomic mass is 9.94. The second-order valence-corrected chi connectivity index (χ2v) is 13.8. The number of benzene rings is 5. The third-order valence-electron chi connectivity index (χ3n) is 7.03. The summed E-state index contributed by atoms with van der Waals surface area (Å²) in [6.07, 6.45) is 9.26. The Kier molecular flexibility index (Phi) is 9.50. The smallest absolute Gasteiger partial charge is 0.599 e. The third-order valence-corrected chi connectivity index (χ3v) is 7.03. The molecule has 0 saturated heterocycles. The number of fused-ring (bicyclic) bond motifs is 6. The van der Waals surface area contributed by atoms with Crippen LogP contribution in [0.25, 0.3) is 21.5 Å². The Morgan fingerprint density at radius 1 is 0.522 bits per heavy atom. The van der Waals surface area contributed by atoms with Crippen LogP contribution in [-0.4, -0.2) is 68.9 Å². The molecular formula is C32H30B2F4N2O4S2. The van der Waals surface area contributed by atoms with E-state index in [1.54, 1.807) is 37.2 Å². The molecule has 0 spiro atoms. The van der Waals surface area contributed by atoms with E-state index in [-0.39, 0.29) is 22.9 Å². The van der Waals surface area contributed by atoms with Crippen LogP contribution in [0.3, 0.4) is 0 Å². The molecule has 14 heteroatoms. The van der Waals surface area contributed by atoms with Gasteiger partial charge in [0.15, 0.2) is 11.4 Å². The van der Waals surface area contributed by atoms with E-state index < -0.39 is 35.7 Å². The van der Waals surface area contributed by atoms with Crippen LogP contribution in [0.5, 0.6) is 11.5 Å². The fraction of sp³-hybridized carbons (Fsp3) is 0.125. The van der Waals surface area contributed by atoms with Gasteiger partial charge in [0.25, 0.3) is 0 Å². The van der Waals surface area contributed by atoms with Gasteiger partial charge in [0.05, 0.1) is 22.6 Å². The number of hydrogen-bond donors (Lipinski definition) is 0. The maximum absolute atomic E-state index is 15.1. The van der Waals surface area contributed by atoms with Gasteiger partial charge >= 0.3 is 14.1 Å². The van der Waals surface area contributed by atoms with Gasteiger partial charge in [-0.2, -0.15) is 0 Å². The average Bonchev–Trinajstić information content (AvgIpc) is 2.99. The Balaban J connectivity index is 0.000000470. The zero-order valence-electron chi connectivity index (χ0n) is 25.4. The van der Waals surface area contributed by atoms with Crippen molar-refractivity contribution in [2.45, 2.75) is 0 Å². The van der Waals surface area contributed by atoms with Crippen molar-refractivity contribution in [3.8, 4) is 11.5 Å². The van der Waals surface area contributed by atoms with Crippen LogP contribution < -0.4 is 9.31 Å². The fourth-order valence-electron chi connectivity index (χ4n) is 5.19. The Hall–Kier alpha value is -4.29. The van der Waals surface area contributed by atoms with Gasteiger partial charge in [-0.05, 0) is 33.7 Å². The number of rotatable bonds is 2. The van der Waals surface area contributed by atoms with Crippen molar-refractivity contribution in [3.05, 3.63) is 108 Å². The van der Waals surface area contributed by atoms with E-state index in [1.165, 1.54) is 48.8 Å². The molecule has 5 aromatic rings. The molecule has 0 aromatic heterocycles. The van der Waals surface area contributed by atoms with Crippen LogP contribution in [-0.2, 0) is 21.6 Å². The van der Waals surface area contributed by atoms with Gasteiger partial charge in [-0.3, -0.25) is 8.42 Å². The van der Waals surface area contributed by atoms with Crippen molar-refractivity contribution in [2.75, 3.05) is 25.0 Å². The molecule has 46 heavy (non-hydrogen) atoms. The largest absolute Gasteiger partial charge is 0.834 e. The van der Waals surface area contributed by atoms with Gasteiger partial charge in [0, 0.05) is 70.9 Å². The summed E-state index contributed by atoms with van der Waals surface area (Å²) in [5.41, 5.74) is 1.26. The van der Waals surface area contributed by atoms with E-state index in [4.69, 9.17) is 9.31 Å². The van der Waals surface area contributed by atoms with Gasteiger partial charge in [0.2, 0.25) is 0 Å². The molecule has 0 saturated carbocycles. The molecule has 2 heterocycles. The molecule has 5 aromatic carbocycles. The third kappa shape index (κ3) is 7.07.